The molecule has 0 radical (unpaired) electrons. The van der Waals surface area contributed by atoms with Crippen LogP contribution in [-0.2, 0) is 0 Å². The van der Waals surface area contributed by atoms with E-state index < -0.39 is 0 Å². The highest BCUT2D eigenvalue weighted by Crippen LogP contribution is 2.29. The van der Waals surface area contributed by atoms with Crippen molar-refractivity contribution < 1.29 is 0 Å². The van der Waals surface area contributed by atoms with E-state index >= 15 is 0 Å². The van der Waals surface area contributed by atoms with Gasteiger partial charge in [-0.3, -0.25) is 0 Å². The molecule has 1 heterocycles. The zero-order chi connectivity index (χ0) is 11.1. The maximum absolute atomic E-state index is 3.61. The maximum Gasteiger partial charge on any atom is 0.00768 e. The van der Waals surface area contributed by atoms with Gasteiger partial charge in [0.15, 0.2) is 0 Å². The molecule has 1 saturated heterocycles. The molecular formula is C14H28N2. The van der Waals surface area contributed by atoms with E-state index in [1.165, 1.54) is 64.5 Å². The molecule has 16 heavy (non-hydrogen) atoms. The van der Waals surface area contributed by atoms with Crippen LogP contribution in [0.3, 0.4) is 0 Å². The summed E-state index contributed by atoms with van der Waals surface area (Å²) in [6.07, 6.45) is 11.8. The van der Waals surface area contributed by atoms with Crippen molar-refractivity contribution in [2.75, 3.05) is 26.2 Å². The van der Waals surface area contributed by atoms with Crippen LogP contribution in [-0.4, -0.2) is 26.2 Å². The average molecular weight is 224 g/mol. The topological polar surface area (TPSA) is 24.1 Å². The Kier molecular flexibility index (Phi) is 5.64. The molecule has 0 aromatic carbocycles. The van der Waals surface area contributed by atoms with E-state index in [0.717, 1.165) is 24.9 Å². The van der Waals surface area contributed by atoms with Gasteiger partial charge in [-0.05, 0) is 31.3 Å². The summed E-state index contributed by atoms with van der Waals surface area (Å²) in [7, 11) is 0. The van der Waals surface area contributed by atoms with E-state index in [0.29, 0.717) is 0 Å². The van der Waals surface area contributed by atoms with Crippen molar-refractivity contribution in [1.29, 1.82) is 0 Å². The van der Waals surface area contributed by atoms with Crippen LogP contribution in [0.4, 0.5) is 0 Å². The zero-order valence-corrected chi connectivity index (χ0v) is 10.6. The molecule has 0 aromatic rings. The zero-order valence-electron chi connectivity index (χ0n) is 10.6. The Balaban J connectivity index is 1.81. The second-order valence-electron chi connectivity index (χ2n) is 5.61. The summed E-state index contributed by atoms with van der Waals surface area (Å²) >= 11 is 0. The van der Waals surface area contributed by atoms with E-state index in [2.05, 4.69) is 10.6 Å². The van der Waals surface area contributed by atoms with E-state index in [9.17, 15) is 0 Å². The largest absolute Gasteiger partial charge is 0.315 e. The first-order valence-corrected chi connectivity index (χ1v) is 7.38. The molecule has 1 atom stereocenters. The minimum Gasteiger partial charge on any atom is -0.315 e. The number of nitrogens with one attached hydrogen (secondary N) is 2. The second-order valence-corrected chi connectivity index (χ2v) is 5.61. The summed E-state index contributed by atoms with van der Waals surface area (Å²) in [5.74, 6) is 1.94. The lowest BCUT2D eigenvalue weighted by molar-refractivity contribution is 0.236. The van der Waals surface area contributed by atoms with Crippen LogP contribution in [0.15, 0.2) is 0 Å². The lowest BCUT2D eigenvalue weighted by Crippen LogP contribution is -2.38. The molecule has 0 bridgehead atoms. The third-order valence-corrected chi connectivity index (χ3v) is 4.39. The van der Waals surface area contributed by atoms with Crippen LogP contribution in [0.25, 0.3) is 0 Å². The van der Waals surface area contributed by atoms with E-state index in [-0.39, 0.29) is 0 Å². The highest BCUT2D eigenvalue weighted by molar-refractivity contribution is 4.76. The van der Waals surface area contributed by atoms with Crippen LogP contribution in [0.5, 0.6) is 0 Å². The first-order chi connectivity index (χ1) is 7.97. The number of hydrogen-bond acceptors (Lipinski definition) is 2. The molecule has 2 rings (SSSR count). The van der Waals surface area contributed by atoms with Crippen LogP contribution in [0.1, 0.15) is 51.4 Å². The highest BCUT2D eigenvalue weighted by Gasteiger charge is 2.22. The predicted molar refractivity (Wildman–Crippen MR) is 69.7 cm³/mol. The quantitative estimate of drug-likeness (QED) is 0.715. The third-order valence-electron chi connectivity index (χ3n) is 4.39. The molecule has 0 spiro atoms. The van der Waals surface area contributed by atoms with Gasteiger partial charge in [0.1, 0.15) is 0 Å². The SMILES string of the molecule is C1CCCC(C2CCNCCNC2)CCC1. The van der Waals surface area contributed by atoms with Crippen molar-refractivity contribution in [1.82, 2.24) is 10.6 Å². The van der Waals surface area contributed by atoms with Crippen LogP contribution < -0.4 is 10.6 Å². The van der Waals surface area contributed by atoms with Gasteiger partial charge >= 0.3 is 0 Å². The van der Waals surface area contributed by atoms with Crippen LogP contribution in [0.2, 0.25) is 0 Å². The first kappa shape index (κ1) is 12.4. The van der Waals surface area contributed by atoms with Crippen molar-refractivity contribution in [3.05, 3.63) is 0 Å². The molecule has 1 aliphatic carbocycles. The van der Waals surface area contributed by atoms with Crippen molar-refractivity contribution in [3.63, 3.8) is 0 Å². The molecule has 1 aliphatic heterocycles. The predicted octanol–water partition coefficient (Wildman–Crippen LogP) is 2.55. The lowest BCUT2D eigenvalue weighted by Gasteiger charge is -2.30. The molecule has 0 aromatic heterocycles. The maximum atomic E-state index is 3.61. The first-order valence-electron chi connectivity index (χ1n) is 7.38. The van der Waals surface area contributed by atoms with Gasteiger partial charge in [-0.25, -0.2) is 0 Å². The van der Waals surface area contributed by atoms with Gasteiger partial charge in [-0.15, -0.1) is 0 Å². The summed E-state index contributed by atoms with van der Waals surface area (Å²) in [5, 5.41) is 7.13. The molecule has 2 fully saturated rings. The number of rotatable bonds is 1. The molecule has 0 amide bonds. The van der Waals surface area contributed by atoms with Gasteiger partial charge < -0.3 is 10.6 Å². The Hall–Kier alpha value is -0.0800. The van der Waals surface area contributed by atoms with Gasteiger partial charge in [0, 0.05) is 13.1 Å². The smallest absolute Gasteiger partial charge is 0.00768 e. The average Bonchev–Trinajstić information content (AvgIpc) is 2.18. The third kappa shape index (κ3) is 4.06. The summed E-state index contributed by atoms with van der Waals surface area (Å²) in [5.41, 5.74) is 0. The minimum absolute atomic E-state index is 0.936. The molecule has 2 nitrogen and oxygen atoms in total. The summed E-state index contributed by atoms with van der Waals surface area (Å²) < 4.78 is 0. The van der Waals surface area contributed by atoms with Gasteiger partial charge in [0.05, 0.1) is 0 Å². The Labute approximate surface area is 101 Å². The molecule has 2 N–H and O–H groups in total. The van der Waals surface area contributed by atoms with Crippen molar-refractivity contribution in [3.8, 4) is 0 Å². The highest BCUT2D eigenvalue weighted by atomic mass is 15.0. The van der Waals surface area contributed by atoms with E-state index in [4.69, 9.17) is 0 Å². The van der Waals surface area contributed by atoms with Crippen molar-refractivity contribution in [2.45, 2.75) is 51.4 Å². The van der Waals surface area contributed by atoms with Crippen molar-refractivity contribution >= 4 is 0 Å². The molecular weight excluding hydrogens is 196 g/mol. The molecule has 2 heteroatoms. The monoisotopic (exact) mass is 224 g/mol. The summed E-state index contributed by atoms with van der Waals surface area (Å²) in [6, 6.07) is 0. The Morgan fingerprint density at radius 3 is 2.06 bits per heavy atom. The van der Waals surface area contributed by atoms with E-state index in [1.807, 2.05) is 0 Å². The number of hydrogen-bond donors (Lipinski definition) is 2. The van der Waals surface area contributed by atoms with Gasteiger partial charge in [-0.1, -0.05) is 44.9 Å². The standard InChI is InChI=1S/C14H28N2/c1-2-4-6-13(7-5-3-1)14-8-9-15-10-11-16-12-14/h13-16H,1-12H2. The molecule has 94 valence electrons. The fourth-order valence-electron chi connectivity index (χ4n) is 3.34. The fourth-order valence-corrected chi connectivity index (χ4v) is 3.34. The van der Waals surface area contributed by atoms with Gasteiger partial charge in [-0.2, -0.15) is 0 Å². The fraction of sp³-hybridized carbons (Fsp3) is 1.00. The van der Waals surface area contributed by atoms with Gasteiger partial charge in [0.25, 0.3) is 0 Å². The Morgan fingerprint density at radius 1 is 0.562 bits per heavy atom. The Morgan fingerprint density at radius 2 is 1.25 bits per heavy atom. The molecule has 1 unspecified atom stereocenters. The van der Waals surface area contributed by atoms with Crippen LogP contribution >= 0.6 is 0 Å². The summed E-state index contributed by atoms with van der Waals surface area (Å²) in [4.78, 5) is 0. The van der Waals surface area contributed by atoms with Crippen LogP contribution in [0, 0.1) is 11.8 Å². The summed E-state index contributed by atoms with van der Waals surface area (Å²) in [6.45, 7) is 4.82. The Bertz CT molecular complexity index is 146. The molecule has 1 saturated carbocycles. The molecule has 2 aliphatic rings. The van der Waals surface area contributed by atoms with Gasteiger partial charge in [0.2, 0.25) is 0 Å². The lowest BCUT2D eigenvalue weighted by atomic mass is 9.80. The van der Waals surface area contributed by atoms with E-state index in [1.54, 1.807) is 0 Å². The normalized spacial score (nSPS) is 31.1. The second kappa shape index (κ2) is 7.29. The van der Waals surface area contributed by atoms with Crippen molar-refractivity contribution in [2.24, 2.45) is 11.8 Å². The minimum atomic E-state index is 0.936.